The summed E-state index contributed by atoms with van der Waals surface area (Å²) in [5, 5.41) is 2.93. The number of rotatable bonds is 6. The highest BCUT2D eigenvalue weighted by atomic mass is 127. The lowest BCUT2D eigenvalue weighted by atomic mass is 10.0. The summed E-state index contributed by atoms with van der Waals surface area (Å²) >= 11 is 0. The fourth-order valence-electron chi connectivity index (χ4n) is 4.39. The first-order valence-corrected chi connectivity index (χ1v) is 11.3. The van der Waals surface area contributed by atoms with E-state index in [1.807, 2.05) is 36.4 Å². The van der Waals surface area contributed by atoms with Gasteiger partial charge in [0.05, 0.1) is 20.1 Å². The second-order valence-electron chi connectivity index (χ2n) is 8.94. The average Bonchev–Trinajstić information content (AvgIpc) is 2.80. The van der Waals surface area contributed by atoms with Crippen molar-refractivity contribution in [3.05, 3.63) is 95.8 Å². The average molecular weight is 556 g/mol. The van der Waals surface area contributed by atoms with Crippen molar-refractivity contribution in [1.29, 1.82) is 0 Å². The molecule has 1 N–H and O–H groups in total. The monoisotopic (exact) mass is 556 g/mol. The Morgan fingerprint density at radius 3 is 2.33 bits per heavy atom. The molecule has 0 atom stereocenters. The van der Waals surface area contributed by atoms with Gasteiger partial charge in [0.25, 0.3) is 0 Å². The van der Waals surface area contributed by atoms with Crippen LogP contribution in [0.15, 0.2) is 78.9 Å². The molecule has 3 nitrogen and oxygen atoms in total. The number of amides is 1. The lowest BCUT2D eigenvalue weighted by Gasteiger charge is -2.37. The number of nitrogens with one attached hydrogen (secondary N) is 1. The van der Waals surface area contributed by atoms with Gasteiger partial charge in [-0.05, 0) is 72.4 Å². The van der Waals surface area contributed by atoms with Crippen molar-refractivity contribution in [1.82, 2.24) is 0 Å². The van der Waals surface area contributed by atoms with E-state index < -0.39 is 0 Å². The summed E-state index contributed by atoms with van der Waals surface area (Å²) in [6.07, 6.45) is 7.30. The summed E-state index contributed by atoms with van der Waals surface area (Å²) in [7, 11) is 2.34. The first-order valence-electron chi connectivity index (χ1n) is 11.3. The minimum absolute atomic E-state index is 0. The van der Waals surface area contributed by atoms with Gasteiger partial charge >= 0.3 is 0 Å². The molecule has 0 aliphatic carbocycles. The highest BCUT2D eigenvalue weighted by Crippen LogP contribution is 2.22. The van der Waals surface area contributed by atoms with E-state index in [4.69, 9.17) is 0 Å². The Bertz CT molecular complexity index is 1090. The summed E-state index contributed by atoms with van der Waals surface area (Å²) in [5.41, 5.74) is 4.93. The smallest absolute Gasteiger partial charge is 0.248 e. The Labute approximate surface area is 212 Å². The lowest BCUT2D eigenvalue weighted by molar-refractivity contribution is -0.926. The van der Waals surface area contributed by atoms with Crippen LogP contribution in [0.1, 0.15) is 30.4 Å². The van der Waals surface area contributed by atoms with Crippen LogP contribution < -0.4 is 29.3 Å². The molecule has 3 aromatic rings. The Balaban J connectivity index is 0.00000306. The van der Waals surface area contributed by atoms with Crippen LogP contribution in [0.4, 0.5) is 10.1 Å². The van der Waals surface area contributed by atoms with Gasteiger partial charge in [0, 0.05) is 17.3 Å². The standard InChI is InChI=1S/C28H29FN2O.HI/c1-31(18-3-2-4-19-31)21-23-8-15-27(16-9-23)30-28(32)17-10-22-6-5-7-25(20-22)24-11-13-26(29)14-12-24;/h5-17,20H,2-4,18-19,21H2,1H3;1H. The van der Waals surface area contributed by atoms with Crippen LogP contribution >= 0.6 is 0 Å². The van der Waals surface area contributed by atoms with Gasteiger partial charge in [-0.15, -0.1) is 0 Å². The van der Waals surface area contributed by atoms with Crippen LogP contribution in [0.3, 0.4) is 0 Å². The van der Waals surface area contributed by atoms with Gasteiger partial charge in [0.15, 0.2) is 0 Å². The molecule has 1 fully saturated rings. The van der Waals surface area contributed by atoms with Crippen molar-refractivity contribution >= 4 is 17.7 Å². The Kier molecular flexibility index (Phi) is 8.80. The van der Waals surface area contributed by atoms with Gasteiger partial charge in [-0.25, -0.2) is 4.39 Å². The van der Waals surface area contributed by atoms with Crippen LogP contribution in [-0.2, 0) is 11.3 Å². The maximum atomic E-state index is 13.2. The maximum absolute atomic E-state index is 13.2. The molecule has 4 rings (SSSR count). The SMILES string of the molecule is C[N+]1(Cc2ccc(NC(=O)C=Cc3cccc(-c4ccc(F)cc4)c3)cc2)CCCCC1.[I-]. The van der Waals surface area contributed by atoms with Gasteiger partial charge in [0.2, 0.25) is 5.91 Å². The number of carbonyl (C=O) groups is 1. The molecular weight excluding hydrogens is 526 g/mol. The zero-order valence-electron chi connectivity index (χ0n) is 18.9. The first kappa shape index (κ1) is 25.1. The van der Waals surface area contributed by atoms with Crippen molar-refractivity contribution < 1.29 is 37.6 Å². The van der Waals surface area contributed by atoms with Crippen molar-refractivity contribution in [2.45, 2.75) is 25.8 Å². The molecule has 1 aliphatic rings. The number of hydrogen-bond donors (Lipinski definition) is 1. The minimum Gasteiger partial charge on any atom is -1.00 e. The van der Waals surface area contributed by atoms with Gasteiger partial charge in [-0.3, -0.25) is 4.79 Å². The fourth-order valence-corrected chi connectivity index (χ4v) is 4.39. The highest BCUT2D eigenvalue weighted by Gasteiger charge is 2.24. The van der Waals surface area contributed by atoms with Crippen LogP contribution in [0.2, 0.25) is 0 Å². The third-order valence-corrected chi connectivity index (χ3v) is 6.17. The molecule has 0 aromatic heterocycles. The summed E-state index contributed by atoms with van der Waals surface area (Å²) in [6, 6.07) is 22.4. The molecule has 1 amide bonds. The number of quaternary nitrogens is 1. The molecule has 0 bridgehead atoms. The quantitative estimate of drug-likeness (QED) is 0.282. The third-order valence-electron chi connectivity index (χ3n) is 6.17. The van der Waals surface area contributed by atoms with Gasteiger partial charge in [-0.1, -0.05) is 42.5 Å². The zero-order valence-corrected chi connectivity index (χ0v) is 21.1. The summed E-state index contributed by atoms with van der Waals surface area (Å²) in [6.45, 7) is 3.52. The molecule has 172 valence electrons. The maximum Gasteiger partial charge on any atom is 0.248 e. The van der Waals surface area contributed by atoms with Gasteiger partial charge in [0.1, 0.15) is 12.4 Å². The van der Waals surface area contributed by atoms with E-state index in [1.165, 1.54) is 56.1 Å². The molecule has 1 saturated heterocycles. The second kappa shape index (κ2) is 11.6. The molecule has 0 unspecified atom stereocenters. The Morgan fingerprint density at radius 1 is 0.939 bits per heavy atom. The van der Waals surface area contributed by atoms with Gasteiger partial charge < -0.3 is 33.8 Å². The number of carbonyl (C=O) groups excluding carboxylic acids is 1. The van der Waals surface area contributed by atoms with Crippen LogP contribution in [0.25, 0.3) is 17.2 Å². The van der Waals surface area contributed by atoms with Crippen molar-refractivity contribution in [3.8, 4) is 11.1 Å². The van der Waals surface area contributed by atoms with E-state index in [9.17, 15) is 9.18 Å². The number of benzene rings is 3. The fraction of sp³-hybridized carbons (Fsp3) is 0.250. The van der Waals surface area contributed by atoms with Crippen molar-refractivity contribution in [3.63, 3.8) is 0 Å². The molecule has 0 radical (unpaired) electrons. The molecule has 33 heavy (non-hydrogen) atoms. The van der Waals surface area contributed by atoms with Gasteiger partial charge in [-0.2, -0.15) is 0 Å². The number of halogens is 2. The summed E-state index contributed by atoms with van der Waals surface area (Å²) in [4.78, 5) is 12.4. The van der Waals surface area contributed by atoms with Crippen molar-refractivity contribution in [2.75, 3.05) is 25.5 Å². The van der Waals surface area contributed by atoms with E-state index in [2.05, 4.69) is 24.5 Å². The molecule has 0 spiro atoms. The van der Waals surface area contributed by atoms with E-state index in [0.29, 0.717) is 0 Å². The van der Waals surface area contributed by atoms with E-state index in [1.54, 1.807) is 18.2 Å². The lowest BCUT2D eigenvalue weighted by Crippen LogP contribution is -3.00. The summed E-state index contributed by atoms with van der Waals surface area (Å²) in [5.74, 6) is -0.420. The Hall–Kier alpha value is -2.51. The van der Waals surface area contributed by atoms with E-state index >= 15 is 0 Å². The number of nitrogens with zero attached hydrogens (tertiary/aromatic N) is 1. The minimum atomic E-state index is -0.253. The normalized spacial score (nSPS) is 15.1. The third kappa shape index (κ3) is 7.24. The van der Waals surface area contributed by atoms with E-state index in [0.717, 1.165) is 33.4 Å². The molecule has 3 aromatic carbocycles. The zero-order chi connectivity index (χ0) is 22.4. The molecular formula is C28H30FIN2O. The van der Waals surface area contributed by atoms with E-state index in [-0.39, 0.29) is 35.7 Å². The molecule has 1 heterocycles. The highest BCUT2D eigenvalue weighted by molar-refractivity contribution is 6.02. The Morgan fingerprint density at radius 2 is 1.64 bits per heavy atom. The summed E-state index contributed by atoms with van der Waals surface area (Å²) < 4.78 is 14.3. The molecule has 1 aliphatic heterocycles. The predicted molar refractivity (Wildman–Crippen MR) is 129 cm³/mol. The largest absolute Gasteiger partial charge is 1.00 e. The van der Waals surface area contributed by atoms with Crippen LogP contribution in [-0.4, -0.2) is 30.5 Å². The van der Waals surface area contributed by atoms with Crippen LogP contribution in [0, 0.1) is 5.82 Å². The topological polar surface area (TPSA) is 29.1 Å². The predicted octanol–water partition coefficient (Wildman–Crippen LogP) is 3.28. The number of piperidine rings is 1. The molecule has 0 saturated carbocycles. The number of anilines is 1. The van der Waals surface area contributed by atoms with Crippen LogP contribution in [0.5, 0.6) is 0 Å². The molecule has 5 heteroatoms. The second-order valence-corrected chi connectivity index (χ2v) is 8.94. The number of hydrogen-bond acceptors (Lipinski definition) is 1. The first-order chi connectivity index (χ1) is 15.5. The van der Waals surface area contributed by atoms with Crippen molar-refractivity contribution in [2.24, 2.45) is 0 Å². The number of likely N-dealkylation sites (tertiary alicyclic amines) is 1.